The van der Waals surface area contributed by atoms with Crippen molar-refractivity contribution in [3.63, 3.8) is 0 Å². The summed E-state index contributed by atoms with van der Waals surface area (Å²) in [6, 6.07) is 19.5. The molecular formula is C27H34N4O3. The van der Waals surface area contributed by atoms with Crippen LogP contribution in [0.2, 0.25) is 0 Å². The van der Waals surface area contributed by atoms with E-state index in [9.17, 15) is 9.59 Å². The molecule has 0 aromatic heterocycles. The van der Waals surface area contributed by atoms with Gasteiger partial charge in [-0.05, 0) is 37.1 Å². The van der Waals surface area contributed by atoms with Gasteiger partial charge in [-0.15, -0.1) is 0 Å². The number of amides is 2. The Bertz CT molecular complexity index is 979. The number of rotatable bonds is 10. The highest BCUT2D eigenvalue weighted by Crippen LogP contribution is 2.18. The second-order valence-corrected chi connectivity index (χ2v) is 8.79. The molecule has 2 aromatic carbocycles. The first-order chi connectivity index (χ1) is 16.5. The molecule has 2 atom stereocenters. The first-order valence-corrected chi connectivity index (χ1v) is 11.9. The molecule has 2 amide bonds. The van der Waals surface area contributed by atoms with Crippen molar-refractivity contribution in [1.82, 2.24) is 10.2 Å². The Balaban J connectivity index is 1.52. The van der Waals surface area contributed by atoms with Crippen molar-refractivity contribution in [2.24, 2.45) is 0 Å². The zero-order valence-electron chi connectivity index (χ0n) is 20.1. The van der Waals surface area contributed by atoms with Crippen LogP contribution in [0.4, 0.5) is 5.69 Å². The highest BCUT2D eigenvalue weighted by Gasteiger charge is 2.23. The van der Waals surface area contributed by atoms with Crippen molar-refractivity contribution < 1.29 is 14.3 Å². The van der Waals surface area contributed by atoms with Crippen molar-refractivity contribution in [1.29, 1.82) is 5.26 Å². The van der Waals surface area contributed by atoms with Crippen LogP contribution in [0.1, 0.15) is 44.2 Å². The van der Waals surface area contributed by atoms with Gasteiger partial charge in [0.1, 0.15) is 0 Å². The van der Waals surface area contributed by atoms with E-state index in [0.29, 0.717) is 13.1 Å². The number of nitriles is 1. The summed E-state index contributed by atoms with van der Waals surface area (Å²) in [6.45, 7) is 7.51. The molecule has 1 saturated heterocycles. The molecule has 7 nitrogen and oxygen atoms in total. The quantitative estimate of drug-likeness (QED) is 0.583. The van der Waals surface area contributed by atoms with Gasteiger partial charge < -0.3 is 15.0 Å². The topological polar surface area (TPSA) is 85.7 Å². The molecule has 1 N–H and O–H groups in total. The summed E-state index contributed by atoms with van der Waals surface area (Å²) in [7, 11) is 0. The largest absolute Gasteiger partial charge is 0.373 e. The second kappa shape index (κ2) is 12.9. The Morgan fingerprint density at radius 2 is 1.68 bits per heavy atom. The minimum atomic E-state index is -0.162. The van der Waals surface area contributed by atoms with E-state index in [1.807, 2.05) is 48.5 Å². The van der Waals surface area contributed by atoms with Gasteiger partial charge in [0.25, 0.3) is 0 Å². The minimum absolute atomic E-state index is 0.0946. The lowest BCUT2D eigenvalue weighted by Gasteiger charge is -2.35. The first kappa shape index (κ1) is 25.4. The van der Waals surface area contributed by atoms with Gasteiger partial charge in [0.2, 0.25) is 11.8 Å². The van der Waals surface area contributed by atoms with Gasteiger partial charge in [-0.2, -0.15) is 5.26 Å². The maximum absolute atomic E-state index is 12.8. The number of nitrogens with zero attached hydrogens (tertiary/aromatic N) is 3. The highest BCUT2D eigenvalue weighted by molar-refractivity contribution is 5.95. The van der Waals surface area contributed by atoms with Crippen molar-refractivity contribution in [3.05, 3.63) is 65.7 Å². The van der Waals surface area contributed by atoms with Crippen LogP contribution in [-0.4, -0.2) is 48.6 Å². The normalized spacial score (nSPS) is 18.1. The Hall–Kier alpha value is -3.21. The number of anilines is 1. The highest BCUT2D eigenvalue weighted by atomic mass is 16.5. The summed E-state index contributed by atoms with van der Waals surface area (Å²) < 4.78 is 5.83. The van der Waals surface area contributed by atoms with Crippen LogP contribution in [-0.2, 0) is 27.4 Å². The van der Waals surface area contributed by atoms with Crippen molar-refractivity contribution in [2.75, 3.05) is 24.5 Å². The average Bonchev–Trinajstić information content (AvgIpc) is 2.82. The maximum Gasteiger partial charge on any atom is 0.227 e. The molecule has 180 valence electrons. The molecule has 0 bridgehead atoms. The van der Waals surface area contributed by atoms with Gasteiger partial charge in [0.15, 0.2) is 0 Å². The van der Waals surface area contributed by atoms with E-state index in [1.165, 1.54) is 5.56 Å². The predicted octanol–water partition coefficient (Wildman–Crippen LogP) is 3.64. The van der Waals surface area contributed by atoms with E-state index < -0.39 is 0 Å². The van der Waals surface area contributed by atoms with E-state index in [2.05, 4.69) is 36.2 Å². The summed E-state index contributed by atoms with van der Waals surface area (Å²) in [4.78, 5) is 29.3. The minimum Gasteiger partial charge on any atom is -0.373 e. The molecule has 7 heteroatoms. The van der Waals surface area contributed by atoms with Gasteiger partial charge in [0.05, 0.1) is 24.7 Å². The summed E-state index contributed by atoms with van der Waals surface area (Å²) in [6.07, 6.45) is 0.852. The fourth-order valence-corrected chi connectivity index (χ4v) is 4.34. The van der Waals surface area contributed by atoms with Gasteiger partial charge >= 0.3 is 0 Å². The van der Waals surface area contributed by atoms with E-state index in [0.717, 1.165) is 30.9 Å². The number of hydrogen-bond donors (Lipinski definition) is 1. The molecule has 1 fully saturated rings. The van der Waals surface area contributed by atoms with Gasteiger partial charge in [-0.3, -0.25) is 14.5 Å². The number of benzene rings is 2. The Morgan fingerprint density at radius 1 is 1.03 bits per heavy atom. The van der Waals surface area contributed by atoms with Gasteiger partial charge in [-0.25, -0.2) is 0 Å². The molecule has 0 aliphatic carbocycles. The van der Waals surface area contributed by atoms with Crippen LogP contribution in [0, 0.1) is 11.3 Å². The summed E-state index contributed by atoms with van der Waals surface area (Å²) in [5.74, 6) is -0.322. The molecule has 0 spiro atoms. The van der Waals surface area contributed by atoms with E-state index in [-0.39, 0.29) is 43.3 Å². The lowest BCUT2D eigenvalue weighted by molar-refractivity contribution is -0.125. The smallest absolute Gasteiger partial charge is 0.227 e. The first-order valence-electron chi connectivity index (χ1n) is 11.9. The van der Waals surface area contributed by atoms with Crippen LogP contribution < -0.4 is 10.2 Å². The number of carbonyl (C=O) groups is 2. The average molecular weight is 463 g/mol. The fraction of sp³-hybridized carbons (Fsp3) is 0.444. The van der Waals surface area contributed by atoms with E-state index >= 15 is 0 Å². The zero-order chi connectivity index (χ0) is 24.3. The lowest BCUT2D eigenvalue weighted by Crippen LogP contribution is -2.45. The molecule has 3 rings (SSSR count). The van der Waals surface area contributed by atoms with Crippen molar-refractivity contribution >= 4 is 17.5 Å². The molecule has 2 unspecified atom stereocenters. The number of nitrogens with one attached hydrogen (secondary N) is 1. The summed E-state index contributed by atoms with van der Waals surface area (Å²) in [5, 5.41) is 11.9. The molecular weight excluding hydrogens is 428 g/mol. The van der Waals surface area contributed by atoms with Crippen molar-refractivity contribution in [2.45, 2.75) is 58.4 Å². The molecule has 1 heterocycles. The van der Waals surface area contributed by atoms with Crippen LogP contribution in [0.3, 0.4) is 0 Å². The Kier molecular flexibility index (Phi) is 9.62. The van der Waals surface area contributed by atoms with Crippen LogP contribution in [0.5, 0.6) is 0 Å². The third-order valence-electron chi connectivity index (χ3n) is 5.87. The molecule has 34 heavy (non-hydrogen) atoms. The number of para-hydroxylation sites is 1. The van der Waals surface area contributed by atoms with E-state index in [1.54, 1.807) is 4.90 Å². The number of morpholine rings is 1. The number of carbonyl (C=O) groups excluding carboxylic acids is 2. The van der Waals surface area contributed by atoms with Crippen molar-refractivity contribution in [3.8, 4) is 6.07 Å². The van der Waals surface area contributed by atoms with Crippen LogP contribution in [0.15, 0.2) is 54.6 Å². The summed E-state index contributed by atoms with van der Waals surface area (Å²) in [5.41, 5.74) is 3.00. The molecule has 1 aliphatic rings. The summed E-state index contributed by atoms with van der Waals surface area (Å²) >= 11 is 0. The fourth-order valence-electron chi connectivity index (χ4n) is 4.34. The van der Waals surface area contributed by atoms with Gasteiger partial charge in [0, 0.05) is 51.3 Å². The van der Waals surface area contributed by atoms with Crippen LogP contribution >= 0.6 is 0 Å². The van der Waals surface area contributed by atoms with Crippen LogP contribution in [0.25, 0.3) is 0 Å². The second-order valence-electron chi connectivity index (χ2n) is 8.79. The molecule has 2 aromatic rings. The third-order valence-corrected chi connectivity index (χ3v) is 5.87. The Morgan fingerprint density at radius 3 is 2.35 bits per heavy atom. The monoisotopic (exact) mass is 462 g/mol. The maximum atomic E-state index is 12.8. The zero-order valence-corrected chi connectivity index (χ0v) is 20.1. The lowest BCUT2D eigenvalue weighted by atomic mass is 10.1. The third kappa shape index (κ3) is 7.68. The van der Waals surface area contributed by atoms with E-state index in [4.69, 9.17) is 10.00 Å². The number of hydrogen-bond acceptors (Lipinski definition) is 5. The molecule has 1 aliphatic heterocycles. The van der Waals surface area contributed by atoms with Gasteiger partial charge in [-0.1, -0.05) is 42.5 Å². The molecule has 0 saturated carbocycles. The predicted molar refractivity (Wildman–Crippen MR) is 132 cm³/mol. The SMILES string of the molecule is CC1CN(Cc2ccccc2CNC(=O)CCC(=O)N(CCC#N)c2ccccc2)CC(C)O1. The molecule has 0 radical (unpaired) electrons. The number of ether oxygens (including phenoxy) is 1. The standard InChI is InChI=1S/C27H34N4O3/c1-21-18-30(19-22(2)34-21)20-24-10-7-6-9-23(24)17-29-26(32)13-14-27(33)31(16-8-15-28)25-11-4-3-5-12-25/h3-7,9-12,21-22H,8,13-14,16-20H2,1-2H3,(H,29,32). The Labute approximate surface area is 202 Å².